The maximum atomic E-state index is 12.6. The Kier molecular flexibility index (Phi) is 5.88. The quantitative estimate of drug-likeness (QED) is 0.575. The molecule has 0 aromatic heterocycles. The summed E-state index contributed by atoms with van der Waals surface area (Å²) in [5.41, 5.74) is 2.19. The third kappa shape index (κ3) is 4.90. The molecule has 3 rings (SSSR count). The number of sulfonamides is 2. The molecule has 2 N–H and O–H groups in total. The SMILES string of the molecule is Cc1ccc(S(=O)(=O)Nc2ccc(S(=O)(=O)Nc3cccc(Cl)c3C)cc2)cc1. The van der Waals surface area contributed by atoms with Crippen LogP contribution in [0.2, 0.25) is 5.02 Å². The van der Waals surface area contributed by atoms with Gasteiger partial charge in [0.25, 0.3) is 20.0 Å². The third-order valence-corrected chi connectivity index (χ3v) is 7.45. The first-order valence-electron chi connectivity index (χ1n) is 8.56. The zero-order valence-electron chi connectivity index (χ0n) is 15.7. The Morgan fingerprint density at radius 2 is 1.21 bits per heavy atom. The fourth-order valence-electron chi connectivity index (χ4n) is 2.56. The molecule has 0 radical (unpaired) electrons. The van der Waals surface area contributed by atoms with E-state index >= 15 is 0 Å². The summed E-state index contributed by atoms with van der Waals surface area (Å²) in [6.45, 7) is 3.57. The lowest BCUT2D eigenvalue weighted by Crippen LogP contribution is -2.15. The van der Waals surface area contributed by atoms with Crippen molar-refractivity contribution in [2.45, 2.75) is 23.6 Å². The van der Waals surface area contributed by atoms with Gasteiger partial charge in [-0.05, 0) is 67.9 Å². The number of hydrogen-bond acceptors (Lipinski definition) is 4. The second-order valence-electron chi connectivity index (χ2n) is 6.46. The zero-order chi connectivity index (χ0) is 21.2. The van der Waals surface area contributed by atoms with Crippen LogP contribution >= 0.6 is 11.6 Å². The van der Waals surface area contributed by atoms with E-state index in [1.165, 1.54) is 36.4 Å². The van der Waals surface area contributed by atoms with Gasteiger partial charge in [-0.15, -0.1) is 0 Å². The summed E-state index contributed by atoms with van der Waals surface area (Å²) in [7, 11) is -7.62. The van der Waals surface area contributed by atoms with Gasteiger partial charge in [0.05, 0.1) is 15.5 Å². The average molecular weight is 451 g/mol. The van der Waals surface area contributed by atoms with Crippen LogP contribution in [-0.4, -0.2) is 16.8 Å². The summed E-state index contributed by atoms with van der Waals surface area (Å²) < 4.78 is 55.1. The highest BCUT2D eigenvalue weighted by Gasteiger charge is 2.18. The van der Waals surface area contributed by atoms with Crippen molar-refractivity contribution >= 4 is 43.0 Å². The highest BCUT2D eigenvalue weighted by molar-refractivity contribution is 7.93. The molecular weight excluding hydrogens is 432 g/mol. The Morgan fingerprint density at radius 3 is 1.79 bits per heavy atom. The van der Waals surface area contributed by atoms with Crippen molar-refractivity contribution < 1.29 is 16.8 Å². The molecule has 29 heavy (non-hydrogen) atoms. The van der Waals surface area contributed by atoms with Crippen LogP contribution in [-0.2, 0) is 20.0 Å². The maximum absolute atomic E-state index is 12.6. The van der Waals surface area contributed by atoms with Gasteiger partial charge in [-0.25, -0.2) is 16.8 Å². The number of nitrogens with one attached hydrogen (secondary N) is 2. The van der Waals surface area contributed by atoms with E-state index in [9.17, 15) is 16.8 Å². The van der Waals surface area contributed by atoms with Gasteiger partial charge in [0.15, 0.2) is 0 Å². The molecular formula is C20H19ClN2O4S2. The Balaban J connectivity index is 1.80. The van der Waals surface area contributed by atoms with Crippen LogP contribution in [0.1, 0.15) is 11.1 Å². The van der Waals surface area contributed by atoms with Gasteiger partial charge in [0.1, 0.15) is 0 Å². The first-order valence-corrected chi connectivity index (χ1v) is 11.9. The molecule has 6 nitrogen and oxygen atoms in total. The van der Waals surface area contributed by atoms with Crippen molar-refractivity contribution in [3.05, 3.63) is 82.9 Å². The lowest BCUT2D eigenvalue weighted by molar-refractivity contribution is 0.600. The molecule has 0 aliphatic carbocycles. The van der Waals surface area contributed by atoms with E-state index in [-0.39, 0.29) is 15.5 Å². The molecule has 0 saturated heterocycles. The van der Waals surface area contributed by atoms with E-state index in [2.05, 4.69) is 9.44 Å². The lowest BCUT2D eigenvalue weighted by atomic mass is 10.2. The molecule has 0 saturated carbocycles. The van der Waals surface area contributed by atoms with Crippen LogP contribution in [0.25, 0.3) is 0 Å². The number of anilines is 2. The van der Waals surface area contributed by atoms with Gasteiger partial charge in [-0.3, -0.25) is 9.44 Å². The van der Waals surface area contributed by atoms with Crippen LogP contribution in [0.3, 0.4) is 0 Å². The van der Waals surface area contributed by atoms with E-state index in [0.717, 1.165) is 5.56 Å². The minimum Gasteiger partial charge on any atom is -0.280 e. The molecule has 3 aromatic rings. The topological polar surface area (TPSA) is 92.3 Å². The van der Waals surface area contributed by atoms with Gasteiger partial charge < -0.3 is 0 Å². The fourth-order valence-corrected chi connectivity index (χ4v) is 4.91. The van der Waals surface area contributed by atoms with Crippen molar-refractivity contribution in [2.24, 2.45) is 0 Å². The van der Waals surface area contributed by atoms with Crippen LogP contribution < -0.4 is 9.44 Å². The second-order valence-corrected chi connectivity index (χ2v) is 10.2. The molecule has 0 amide bonds. The maximum Gasteiger partial charge on any atom is 0.261 e. The number of rotatable bonds is 6. The molecule has 0 aliphatic heterocycles. The van der Waals surface area contributed by atoms with Gasteiger partial charge in [-0.1, -0.05) is 35.4 Å². The van der Waals surface area contributed by atoms with Crippen LogP contribution in [0.5, 0.6) is 0 Å². The molecule has 0 bridgehead atoms. The van der Waals surface area contributed by atoms with Crippen LogP contribution in [0, 0.1) is 13.8 Å². The summed E-state index contributed by atoms with van der Waals surface area (Å²) in [5.74, 6) is 0. The minimum absolute atomic E-state index is 0.00448. The fraction of sp³-hybridized carbons (Fsp3) is 0.100. The summed E-state index contributed by atoms with van der Waals surface area (Å²) in [5, 5.41) is 0.450. The van der Waals surface area contributed by atoms with Crippen LogP contribution in [0.15, 0.2) is 76.5 Å². The van der Waals surface area contributed by atoms with Gasteiger partial charge in [0, 0.05) is 10.7 Å². The number of halogens is 1. The Labute approximate surface area is 175 Å². The summed E-state index contributed by atoms with van der Waals surface area (Å²) in [4.78, 5) is 0.119. The van der Waals surface area contributed by atoms with Crippen molar-refractivity contribution in [1.82, 2.24) is 0 Å². The van der Waals surface area contributed by atoms with E-state index < -0.39 is 20.0 Å². The largest absolute Gasteiger partial charge is 0.280 e. The lowest BCUT2D eigenvalue weighted by Gasteiger charge is -2.12. The second kappa shape index (κ2) is 8.06. The molecule has 0 aliphatic rings. The zero-order valence-corrected chi connectivity index (χ0v) is 18.1. The summed E-state index contributed by atoms with van der Waals surface area (Å²) >= 11 is 6.03. The van der Waals surface area contributed by atoms with Crippen molar-refractivity contribution in [3.63, 3.8) is 0 Å². The number of benzene rings is 3. The Morgan fingerprint density at radius 1 is 0.690 bits per heavy atom. The highest BCUT2D eigenvalue weighted by Crippen LogP contribution is 2.26. The molecule has 152 valence electrons. The summed E-state index contributed by atoms with van der Waals surface area (Å²) in [6.07, 6.45) is 0. The average Bonchev–Trinajstić information content (AvgIpc) is 2.66. The number of hydrogen-bond donors (Lipinski definition) is 2. The predicted octanol–water partition coefficient (Wildman–Crippen LogP) is 4.56. The highest BCUT2D eigenvalue weighted by atomic mass is 35.5. The first-order chi connectivity index (χ1) is 13.6. The van der Waals surface area contributed by atoms with E-state index in [0.29, 0.717) is 16.3 Å². The van der Waals surface area contributed by atoms with Crippen molar-refractivity contribution in [1.29, 1.82) is 0 Å². The van der Waals surface area contributed by atoms with Crippen molar-refractivity contribution in [3.8, 4) is 0 Å². The standard InChI is InChI=1S/C20H19ClN2O4S2/c1-14-6-10-17(11-7-14)28(24,25)22-16-8-12-18(13-9-16)29(26,27)23-20-5-3-4-19(21)15(20)2/h3-13,22-23H,1-2H3. The molecule has 0 atom stereocenters. The van der Waals surface area contributed by atoms with Gasteiger partial charge in [-0.2, -0.15) is 0 Å². The summed E-state index contributed by atoms with van der Waals surface area (Å²) in [6, 6.07) is 16.8. The van der Waals surface area contributed by atoms with Gasteiger partial charge in [0.2, 0.25) is 0 Å². The Bertz CT molecular complexity index is 1240. The molecule has 3 aromatic carbocycles. The number of aryl methyl sites for hydroxylation is 1. The molecule has 9 heteroatoms. The molecule has 0 unspecified atom stereocenters. The van der Waals surface area contributed by atoms with Crippen LogP contribution in [0.4, 0.5) is 11.4 Å². The normalized spacial score (nSPS) is 11.8. The smallest absolute Gasteiger partial charge is 0.261 e. The molecule has 0 heterocycles. The Hall–Kier alpha value is -2.55. The predicted molar refractivity (Wildman–Crippen MR) is 115 cm³/mol. The van der Waals surface area contributed by atoms with E-state index in [1.54, 1.807) is 37.3 Å². The molecule has 0 fully saturated rings. The minimum atomic E-state index is -3.86. The third-order valence-electron chi connectivity index (χ3n) is 4.26. The first kappa shape index (κ1) is 21.2. The monoisotopic (exact) mass is 450 g/mol. The van der Waals surface area contributed by atoms with E-state index in [4.69, 9.17) is 11.6 Å². The van der Waals surface area contributed by atoms with E-state index in [1.807, 2.05) is 6.92 Å². The van der Waals surface area contributed by atoms with Gasteiger partial charge >= 0.3 is 0 Å². The molecule has 0 spiro atoms. The van der Waals surface area contributed by atoms with Crippen molar-refractivity contribution in [2.75, 3.05) is 9.44 Å².